The Morgan fingerprint density at radius 3 is 2.08 bits per heavy atom. The fourth-order valence-electron chi connectivity index (χ4n) is 2.23. The van der Waals surface area contributed by atoms with Crippen molar-refractivity contribution in [3.05, 3.63) is 12.2 Å². The Balaban J connectivity index is 2.91. The van der Waals surface area contributed by atoms with Gasteiger partial charge in [0.05, 0.1) is 5.54 Å². The first-order chi connectivity index (χ1) is 6.00. The van der Waals surface area contributed by atoms with Crippen molar-refractivity contribution < 1.29 is 4.79 Å². The van der Waals surface area contributed by atoms with Gasteiger partial charge in [-0.05, 0) is 39.4 Å². The standard InChI is InChI=1S/C11H19NO/c1-9(2)10(13)11(12(3)4)7-5-6-8-11/h1,5-8H2,2-4H3. The topological polar surface area (TPSA) is 20.3 Å². The molecule has 0 saturated heterocycles. The van der Waals surface area contributed by atoms with E-state index in [2.05, 4.69) is 11.5 Å². The highest BCUT2D eigenvalue weighted by atomic mass is 16.1. The van der Waals surface area contributed by atoms with Gasteiger partial charge in [-0.1, -0.05) is 19.4 Å². The van der Waals surface area contributed by atoms with Gasteiger partial charge in [0.15, 0.2) is 5.78 Å². The zero-order valence-electron chi connectivity index (χ0n) is 8.89. The molecule has 0 amide bonds. The van der Waals surface area contributed by atoms with E-state index in [0.29, 0.717) is 5.57 Å². The first kappa shape index (κ1) is 10.5. The molecule has 13 heavy (non-hydrogen) atoms. The maximum Gasteiger partial charge on any atom is 0.178 e. The number of ketones is 1. The molecule has 1 rings (SSSR count). The van der Waals surface area contributed by atoms with Crippen molar-refractivity contribution in [2.75, 3.05) is 14.1 Å². The molecule has 0 spiro atoms. The Labute approximate surface area is 80.6 Å². The van der Waals surface area contributed by atoms with Crippen molar-refractivity contribution in [3.8, 4) is 0 Å². The highest BCUT2D eigenvalue weighted by molar-refractivity contribution is 6.01. The SMILES string of the molecule is C=C(C)C(=O)C1(N(C)C)CCCC1. The van der Waals surface area contributed by atoms with Crippen LogP contribution in [0, 0.1) is 0 Å². The average molecular weight is 181 g/mol. The minimum Gasteiger partial charge on any atom is -0.297 e. The van der Waals surface area contributed by atoms with Gasteiger partial charge in [-0.25, -0.2) is 0 Å². The number of carbonyl (C=O) groups is 1. The van der Waals surface area contributed by atoms with E-state index in [1.807, 2.05) is 21.0 Å². The van der Waals surface area contributed by atoms with Crippen molar-refractivity contribution in [3.63, 3.8) is 0 Å². The van der Waals surface area contributed by atoms with Gasteiger partial charge in [0.2, 0.25) is 0 Å². The Morgan fingerprint density at radius 1 is 1.31 bits per heavy atom. The van der Waals surface area contributed by atoms with Crippen LogP contribution >= 0.6 is 0 Å². The second kappa shape index (κ2) is 3.62. The van der Waals surface area contributed by atoms with E-state index < -0.39 is 0 Å². The van der Waals surface area contributed by atoms with Crippen molar-refractivity contribution in [1.29, 1.82) is 0 Å². The summed E-state index contributed by atoms with van der Waals surface area (Å²) in [4.78, 5) is 14.0. The Kier molecular flexibility index (Phi) is 2.91. The van der Waals surface area contributed by atoms with Gasteiger partial charge in [0.1, 0.15) is 0 Å². The lowest BCUT2D eigenvalue weighted by Gasteiger charge is -2.34. The van der Waals surface area contributed by atoms with E-state index >= 15 is 0 Å². The molecule has 2 nitrogen and oxygen atoms in total. The first-order valence-corrected chi connectivity index (χ1v) is 4.88. The van der Waals surface area contributed by atoms with Gasteiger partial charge >= 0.3 is 0 Å². The van der Waals surface area contributed by atoms with Crippen molar-refractivity contribution >= 4 is 5.78 Å². The van der Waals surface area contributed by atoms with Crippen LogP contribution in [0.2, 0.25) is 0 Å². The molecule has 0 aliphatic heterocycles. The van der Waals surface area contributed by atoms with Gasteiger partial charge in [0, 0.05) is 0 Å². The largest absolute Gasteiger partial charge is 0.297 e. The highest BCUT2D eigenvalue weighted by Crippen LogP contribution is 2.35. The molecule has 0 aromatic rings. The van der Waals surface area contributed by atoms with E-state index in [0.717, 1.165) is 25.7 Å². The minimum absolute atomic E-state index is 0.230. The molecular weight excluding hydrogens is 162 g/mol. The minimum atomic E-state index is -0.230. The summed E-state index contributed by atoms with van der Waals surface area (Å²) >= 11 is 0. The second-order valence-electron chi connectivity index (χ2n) is 4.24. The summed E-state index contributed by atoms with van der Waals surface area (Å²) in [6.45, 7) is 5.56. The van der Waals surface area contributed by atoms with Crippen LogP contribution in [-0.2, 0) is 4.79 Å². The van der Waals surface area contributed by atoms with Gasteiger partial charge in [-0.2, -0.15) is 0 Å². The molecule has 0 bridgehead atoms. The summed E-state index contributed by atoms with van der Waals surface area (Å²) in [5.74, 6) is 0.231. The van der Waals surface area contributed by atoms with Crippen molar-refractivity contribution in [2.45, 2.75) is 38.1 Å². The summed E-state index contributed by atoms with van der Waals surface area (Å²) < 4.78 is 0. The zero-order chi connectivity index (χ0) is 10.1. The third-order valence-corrected chi connectivity index (χ3v) is 3.10. The van der Waals surface area contributed by atoms with E-state index in [-0.39, 0.29) is 11.3 Å². The summed E-state index contributed by atoms with van der Waals surface area (Å²) in [5, 5.41) is 0. The molecule has 0 atom stereocenters. The number of hydrogen-bond acceptors (Lipinski definition) is 2. The maximum absolute atomic E-state index is 12.0. The van der Waals surface area contributed by atoms with Crippen LogP contribution in [0.15, 0.2) is 12.2 Å². The predicted molar refractivity (Wildman–Crippen MR) is 54.7 cm³/mol. The van der Waals surface area contributed by atoms with Crippen LogP contribution in [0.3, 0.4) is 0 Å². The lowest BCUT2D eigenvalue weighted by molar-refractivity contribution is -0.125. The fraction of sp³-hybridized carbons (Fsp3) is 0.727. The molecule has 0 heterocycles. The predicted octanol–water partition coefficient (Wildman–Crippen LogP) is 2.01. The molecule has 1 saturated carbocycles. The lowest BCUT2D eigenvalue weighted by Crippen LogP contribution is -2.49. The maximum atomic E-state index is 12.0. The van der Waals surface area contributed by atoms with Gasteiger partial charge in [-0.15, -0.1) is 0 Å². The quantitative estimate of drug-likeness (QED) is 0.621. The Morgan fingerprint density at radius 2 is 1.77 bits per heavy atom. The van der Waals surface area contributed by atoms with Crippen LogP contribution in [0.1, 0.15) is 32.6 Å². The molecule has 0 aromatic heterocycles. The number of carbonyl (C=O) groups excluding carboxylic acids is 1. The molecule has 0 N–H and O–H groups in total. The van der Waals surface area contributed by atoms with E-state index in [4.69, 9.17) is 0 Å². The van der Waals surface area contributed by atoms with E-state index in [1.54, 1.807) is 0 Å². The monoisotopic (exact) mass is 181 g/mol. The summed E-state index contributed by atoms with van der Waals surface area (Å²) in [7, 11) is 3.98. The van der Waals surface area contributed by atoms with Crippen LogP contribution in [0.5, 0.6) is 0 Å². The van der Waals surface area contributed by atoms with Crippen molar-refractivity contribution in [2.24, 2.45) is 0 Å². The smallest absolute Gasteiger partial charge is 0.178 e. The van der Waals surface area contributed by atoms with E-state index in [1.165, 1.54) is 0 Å². The van der Waals surface area contributed by atoms with Gasteiger partial charge in [-0.3, -0.25) is 9.69 Å². The Hall–Kier alpha value is -0.630. The normalized spacial score (nSPS) is 20.6. The number of nitrogens with zero attached hydrogens (tertiary/aromatic N) is 1. The molecule has 0 aromatic carbocycles. The number of rotatable bonds is 3. The third kappa shape index (κ3) is 1.68. The molecule has 0 unspecified atom stereocenters. The summed E-state index contributed by atoms with van der Waals surface area (Å²) in [5.41, 5.74) is 0.460. The van der Waals surface area contributed by atoms with E-state index in [9.17, 15) is 4.79 Å². The molecule has 0 radical (unpaired) electrons. The summed E-state index contributed by atoms with van der Waals surface area (Å²) in [6.07, 6.45) is 4.31. The van der Waals surface area contributed by atoms with Gasteiger partial charge < -0.3 is 0 Å². The lowest BCUT2D eigenvalue weighted by atomic mass is 9.87. The van der Waals surface area contributed by atoms with Crippen LogP contribution in [0.25, 0.3) is 0 Å². The number of likely N-dealkylation sites (N-methyl/N-ethyl adjacent to an activating group) is 1. The fourth-order valence-corrected chi connectivity index (χ4v) is 2.23. The highest BCUT2D eigenvalue weighted by Gasteiger charge is 2.42. The average Bonchev–Trinajstić information content (AvgIpc) is 2.51. The zero-order valence-corrected chi connectivity index (χ0v) is 8.89. The third-order valence-electron chi connectivity index (χ3n) is 3.10. The first-order valence-electron chi connectivity index (χ1n) is 4.88. The molecule has 74 valence electrons. The second-order valence-corrected chi connectivity index (χ2v) is 4.24. The molecule has 2 heteroatoms. The molecule has 1 aliphatic carbocycles. The number of hydrogen-bond donors (Lipinski definition) is 0. The van der Waals surface area contributed by atoms with Crippen LogP contribution in [-0.4, -0.2) is 30.3 Å². The Bertz CT molecular complexity index is 224. The molecule has 1 aliphatic rings. The van der Waals surface area contributed by atoms with Crippen LogP contribution in [0.4, 0.5) is 0 Å². The van der Waals surface area contributed by atoms with Crippen LogP contribution < -0.4 is 0 Å². The molecular formula is C11H19NO. The van der Waals surface area contributed by atoms with Gasteiger partial charge in [0.25, 0.3) is 0 Å². The summed E-state index contributed by atoms with van der Waals surface area (Å²) in [6, 6.07) is 0. The van der Waals surface area contributed by atoms with Crippen molar-refractivity contribution in [1.82, 2.24) is 4.90 Å². The molecule has 1 fully saturated rings. The number of Topliss-reactive ketones (excluding diaryl/α,β-unsaturated/α-hetero) is 1.